The van der Waals surface area contributed by atoms with Gasteiger partial charge >= 0.3 is 0 Å². The number of nitrogens with one attached hydrogen (secondary N) is 1. The van der Waals surface area contributed by atoms with E-state index in [9.17, 15) is 4.79 Å². The maximum Gasteiger partial charge on any atom is 0.257 e. The number of para-hydroxylation sites is 2. The molecule has 0 saturated heterocycles. The van der Waals surface area contributed by atoms with E-state index in [1.165, 1.54) is 0 Å². The van der Waals surface area contributed by atoms with Crippen molar-refractivity contribution in [1.82, 2.24) is 19.3 Å². The molecule has 0 fully saturated rings. The highest BCUT2D eigenvalue weighted by Gasteiger charge is 2.16. The van der Waals surface area contributed by atoms with Crippen LogP contribution in [0.2, 0.25) is 5.02 Å². The second-order valence-electron chi connectivity index (χ2n) is 8.29. The average Bonchev–Trinajstić information content (AvgIpc) is 3.31. The molecule has 5 aromatic rings. The summed E-state index contributed by atoms with van der Waals surface area (Å²) in [6.07, 6.45) is 0. The van der Waals surface area contributed by atoms with Gasteiger partial charge in [0.05, 0.1) is 40.5 Å². The maximum atomic E-state index is 13.2. The first-order valence-electron chi connectivity index (χ1n) is 11.1. The lowest BCUT2D eigenvalue weighted by molar-refractivity contribution is 0.102. The van der Waals surface area contributed by atoms with Crippen molar-refractivity contribution in [1.29, 1.82) is 0 Å². The number of imidazole rings is 1. The highest BCUT2D eigenvalue weighted by Crippen LogP contribution is 2.23. The van der Waals surface area contributed by atoms with E-state index < -0.39 is 0 Å². The monoisotopic (exact) mass is 469 g/mol. The molecule has 0 unspecified atom stereocenters. The van der Waals surface area contributed by atoms with E-state index in [0.29, 0.717) is 29.6 Å². The minimum absolute atomic E-state index is 0.210. The molecule has 34 heavy (non-hydrogen) atoms. The molecular formula is C27H24ClN5O. The third-order valence-electron chi connectivity index (χ3n) is 5.88. The first-order valence-corrected chi connectivity index (χ1v) is 11.5. The van der Waals surface area contributed by atoms with Crippen molar-refractivity contribution in [2.24, 2.45) is 0 Å². The lowest BCUT2D eigenvalue weighted by Crippen LogP contribution is -2.17. The van der Waals surface area contributed by atoms with E-state index in [1.54, 1.807) is 6.07 Å². The molecule has 3 aromatic carbocycles. The topological polar surface area (TPSA) is 64.7 Å². The Bertz CT molecular complexity index is 1490. The van der Waals surface area contributed by atoms with Crippen LogP contribution in [0.25, 0.3) is 11.0 Å². The van der Waals surface area contributed by atoms with Gasteiger partial charge in [0.1, 0.15) is 0 Å². The number of aryl methyl sites for hydroxylation is 1. The molecule has 0 radical (unpaired) electrons. The van der Waals surface area contributed by atoms with Crippen LogP contribution < -0.4 is 5.32 Å². The highest BCUT2D eigenvalue weighted by atomic mass is 35.5. The lowest BCUT2D eigenvalue weighted by Gasteiger charge is -2.11. The van der Waals surface area contributed by atoms with Crippen LogP contribution in [0.1, 0.15) is 32.9 Å². The van der Waals surface area contributed by atoms with Crippen molar-refractivity contribution in [2.45, 2.75) is 26.9 Å². The summed E-state index contributed by atoms with van der Waals surface area (Å²) in [5.74, 6) is 0.309. The van der Waals surface area contributed by atoms with Gasteiger partial charge in [-0.05, 0) is 49.2 Å². The molecule has 0 aliphatic heterocycles. The summed E-state index contributed by atoms with van der Waals surface area (Å²) in [4.78, 5) is 17.9. The highest BCUT2D eigenvalue weighted by molar-refractivity contribution is 6.31. The molecule has 2 aromatic heterocycles. The molecule has 0 saturated carbocycles. The Morgan fingerprint density at radius 3 is 2.41 bits per heavy atom. The van der Waals surface area contributed by atoms with Gasteiger partial charge in [-0.25, -0.2) is 4.98 Å². The van der Waals surface area contributed by atoms with Gasteiger partial charge in [0.25, 0.3) is 5.91 Å². The number of nitrogens with zero attached hydrogens (tertiary/aromatic N) is 4. The number of rotatable bonds is 6. The SMILES string of the molecule is Cc1nn(Cc2cccc(C(=O)Nc3nc4ccccc4n3Cc3ccccc3)c2)c(C)c1Cl. The molecule has 1 amide bonds. The minimum Gasteiger partial charge on any atom is -0.305 e. The van der Waals surface area contributed by atoms with Gasteiger partial charge in [-0.3, -0.25) is 14.8 Å². The lowest BCUT2D eigenvalue weighted by atomic mass is 10.1. The summed E-state index contributed by atoms with van der Waals surface area (Å²) < 4.78 is 3.89. The zero-order valence-electron chi connectivity index (χ0n) is 19.0. The normalized spacial score (nSPS) is 11.1. The van der Waals surface area contributed by atoms with Crippen molar-refractivity contribution in [3.63, 3.8) is 0 Å². The standard InChI is InChI=1S/C27H24ClN5O/c1-18-25(28)19(2)33(31-18)17-21-11-8-12-22(15-21)26(34)30-27-29-23-13-6-7-14-24(23)32(27)16-20-9-4-3-5-10-20/h3-15H,16-17H2,1-2H3,(H,29,30,34). The first kappa shape index (κ1) is 21.9. The number of anilines is 1. The number of amides is 1. The smallest absolute Gasteiger partial charge is 0.257 e. The average molecular weight is 470 g/mol. The number of benzene rings is 3. The zero-order valence-corrected chi connectivity index (χ0v) is 19.8. The van der Waals surface area contributed by atoms with E-state index >= 15 is 0 Å². The first-order chi connectivity index (χ1) is 16.5. The Morgan fingerprint density at radius 1 is 0.912 bits per heavy atom. The van der Waals surface area contributed by atoms with Gasteiger partial charge in [0.2, 0.25) is 5.95 Å². The summed E-state index contributed by atoms with van der Waals surface area (Å²) in [7, 11) is 0. The number of hydrogen-bond acceptors (Lipinski definition) is 3. The molecule has 0 aliphatic rings. The molecule has 0 aliphatic carbocycles. The summed E-state index contributed by atoms with van der Waals surface area (Å²) in [6, 6.07) is 25.6. The van der Waals surface area contributed by atoms with Crippen LogP contribution in [0.5, 0.6) is 0 Å². The van der Waals surface area contributed by atoms with Crippen molar-refractivity contribution >= 4 is 34.5 Å². The van der Waals surface area contributed by atoms with Gasteiger partial charge in [0.15, 0.2) is 0 Å². The molecule has 170 valence electrons. The van der Waals surface area contributed by atoms with Crippen LogP contribution in [0, 0.1) is 13.8 Å². The summed E-state index contributed by atoms with van der Waals surface area (Å²) in [5.41, 5.74) is 6.16. The number of hydrogen-bond donors (Lipinski definition) is 1. The zero-order chi connectivity index (χ0) is 23.7. The van der Waals surface area contributed by atoms with E-state index in [-0.39, 0.29) is 5.91 Å². The Morgan fingerprint density at radius 2 is 1.65 bits per heavy atom. The molecular weight excluding hydrogens is 446 g/mol. The second kappa shape index (κ2) is 9.15. The fourth-order valence-electron chi connectivity index (χ4n) is 4.08. The Kier molecular flexibility index (Phi) is 5.90. The fourth-order valence-corrected chi connectivity index (χ4v) is 4.22. The van der Waals surface area contributed by atoms with Crippen LogP contribution >= 0.6 is 11.6 Å². The van der Waals surface area contributed by atoms with Crippen LogP contribution in [0.3, 0.4) is 0 Å². The Balaban J connectivity index is 1.42. The van der Waals surface area contributed by atoms with Crippen LogP contribution in [0.15, 0.2) is 78.9 Å². The summed E-state index contributed by atoms with van der Waals surface area (Å²) in [5, 5.41) is 8.19. The molecule has 7 heteroatoms. The predicted molar refractivity (Wildman–Crippen MR) is 135 cm³/mol. The number of aromatic nitrogens is 4. The fraction of sp³-hybridized carbons (Fsp3) is 0.148. The largest absolute Gasteiger partial charge is 0.305 e. The number of carbonyl (C=O) groups is 1. The molecule has 0 spiro atoms. The van der Waals surface area contributed by atoms with Crippen LogP contribution in [-0.2, 0) is 13.1 Å². The van der Waals surface area contributed by atoms with Gasteiger partial charge in [-0.15, -0.1) is 0 Å². The van der Waals surface area contributed by atoms with Crippen LogP contribution in [0.4, 0.5) is 5.95 Å². The van der Waals surface area contributed by atoms with Gasteiger partial charge in [0, 0.05) is 5.56 Å². The predicted octanol–water partition coefficient (Wildman–Crippen LogP) is 5.85. The van der Waals surface area contributed by atoms with Gasteiger partial charge in [-0.1, -0.05) is 66.2 Å². The van der Waals surface area contributed by atoms with Crippen molar-refractivity contribution in [2.75, 3.05) is 5.32 Å². The minimum atomic E-state index is -0.210. The van der Waals surface area contributed by atoms with Gasteiger partial charge < -0.3 is 4.57 Å². The van der Waals surface area contributed by atoms with Crippen LogP contribution in [-0.4, -0.2) is 25.2 Å². The third kappa shape index (κ3) is 4.32. The van der Waals surface area contributed by atoms with Crippen molar-refractivity contribution in [3.8, 4) is 0 Å². The number of fused-ring (bicyclic) bond motifs is 1. The molecule has 6 nitrogen and oxygen atoms in total. The summed E-state index contributed by atoms with van der Waals surface area (Å²) >= 11 is 6.29. The van der Waals surface area contributed by atoms with Gasteiger partial charge in [-0.2, -0.15) is 5.10 Å². The Hall–Kier alpha value is -3.90. The molecule has 0 bridgehead atoms. The van der Waals surface area contributed by atoms with E-state index in [2.05, 4.69) is 22.5 Å². The number of halogens is 1. The molecule has 1 N–H and O–H groups in total. The molecule has 0 atom stereocenters. The third-order valence-corrected chi connectivity index (χ3v) is 6.43. The number of carbonyl (C=O) groups excluding carboxylic acids is 1. The molecule has 5 rings (SSSR count). The van der Waals surface area contributed by atoms with Crippen molar-refractivity contribution < 1.29 is 4.79 Å². The van der Waals surface area contributed by atoms with E-state index in [1.807, 2.05) is 83.8 Å². The van der Waals surface area contributed by atoms with E-state index in [0.717, 1.165) is 33.5 Å². The summed E-state index contributed by atoms with van der Waals surface area (Å²) in [6.45, 7) is 4.97. The van der Waals surface area contributed by atoms with Crippen molar-refractivity contribution in [3.05, 3.63) is 112 Å². The second-order valence-corrected chi connectivity index (χ2v) is 8.67. The molecule has 2 heterocycles. The maximum absolute atomic E-state index is 13.2. The quantitative estimate of drug-likeness (QED) is 0.339. The Labute approximate surface area is 202 Å². The van der Waals surface area contributed by atoms with E-state index in [4.69, 9.17) is 16.6 Å².